The fourth-order valence-corrected chi connectivity index (χ4v) is 3.77. The molecule has 8 nitrogen and oxygen atoms in total. The maximum absolute atomic E-state index is 12.0. The lowest BCUT2D eigenvalue weighted by atomic mass is 10.3. The number of nitrogens with zero attached hydrogens (tertiary/aromatic N) is 3. The maximum atomic E-state index is 12.0. The summed E-state index contributed by atoms with van der Waals surface area (Å²) in [6, 6.07) is 5.08. The number of halogens is 1. The van der Waals surface area contributed by atoms with Crippen molar-refractivity contribution in [2.24, 2.45) is 4.99 Å². The van der Waals surface area contributed by atoms with Gasteiger partial charge in [-0.15, -0.1) is 35.3 Å². The predicted molar refractivity (Wildman–Crippen MR) is 136 cm³/mol. The minimum absolute atomic E-state index is 0. The summed E-state index contributed by atoms with van der Waals surface area (Å²) in [5.74, 6) is 0.372. The summed E-state index contributed by atoms with van der Waals surface area (Å²) in [5, 5.41) is 7.39. The molecule has 0 bridgehead atoms. The number of hydrogen-bond acceptors (Lipinski definition) is 6. The molecule has 0 aliphatic heterocycles. The molecule has 0 aromatic carbocycles. The number of unbranched alkanes of at least 4 members (excludes halogenated alkanes) is 1. The molecule has 0 saturated carbocycles. The van der Waals surface area contributed by atoms with E-state index in [2.05, 4.69) is 20.6 Å². The quantitative estimate of drug-likeness (QED) is 0.152. The van der Waals surface area contributed by atoms with Crippen molar-refractivity contribution in [1.82, 2.24) is 20.2 Å². The van der Waals surface area contributed by atoms with Crippen LogP contribution in [0.3, 0.4) is 0 Å². The second-order valence-corrected chi connectivity index (χ2v) is 7.78. The molecule has 0 spiro atoms. The molecule has 2 aromatic heterocycles. The number of nitrogens with one attached hydrogen (secondary N) is 2. The van der Waals surface area contributed by atoms with Crippen LogP contribution in [0.4, 0.5) is 0 Å². The van der Waals surface area contributed by atoms with Crippen LogP contribution >= 0.6 is 35.3 Å². The van der Waals surface area contributed by atoms with Crippen molar-refractivity contribution in [1.29, 1.82) is 0 Å². The van der Waals surface area contributed by atoms with Crippen molar-refractivity contribution in [3.63, 3.8) is 0 Å². The molecular formula is C21H32IN5O3S. The molecule has 0 amide bonds. The summed E-state index contributed by atoms with van der Waals surface area (Å²) in [6.45, 7) is 10.0. The lowest BCUT2D eigenvalue weighted by Gasteiger charge is -2.16. The number of pyridine rings is 1. The number of esters is 1. The molecule has 0 radical (unpaired) electrons. The van der Waals surface area contributed by atoms with E-state index in [0.717, 1.165) is 24.4 Å². The standard InChI is InChI=1S/C21H31N5O3S.HI/c1-5-22-21(23-12-8-10-14-26-13-9-7-11-17(26)27)25-16(4)19-24-15(3)18(30-19)20(28)29-6-2;/h7,9,11,13,16H,5-6,8,10,12,14H2,1-4H3,(H2,22,23,25);1H. The van der Waals surface area contributed by atoms with Gasteiger partial charge in [-0.05, 0) is 46.6 Å². The highest BCUT2D eigenvalue weighted by Crippen LogP contribution is 2.24. The molecule has 0 saturated heterocycles. The van der Waals surface area contributed by atoms with Gasteiger partial charge in [0.25, 0.3) is 0 Å². The Kier molecular flexibility index (Phi) is 12.4. The molecule has 0 fully saturated rings. The normalized spacial score (nSPS) is 12.1. The highest BCUT2D eigenvalue weighted by molar-refractivity contribution is 14.0. The highest BCUT2D eigenvalue weighted by atomic mass is 127. The number of ether oxygens (including phenoxy) is 1. The Morgan fingerprint density at radius 1 is 1.32 bits per heavy atom. The van der Waals surface area contributed by atoms with Crippen LogP contribution in [0.15, 0.2) is 34.2 Å². The minimum Gasteiger partial charge on any atom is -0.462 e. The Morgan fingerprint density at radius 2 is 2.10 bits per heavy atom. The first-order valence-electron chi connectivity index (χ1n) is 10.3. The molecule has 1 atom stereocenters. The SMILES string of the molecule is CCNC(=NCCCCn1ccccc1=O)NC(C)c1nc(C)c(C(=O)OCC)s1.I. The van der Waals surface area contributed by atoms with Gasteiger partial charge < -0.3 is 19.9 Å². The fraction of sp³-hybridized carbons (Fsp3) is 0.524. The Labute approximate surface area is 204 Å². The third kappa shape index (κ3) is 8.60. The van der Waals surface area contributed by atoms with Gasteiger partial charge in [0.05, 0.1) is 18.3 Å². The number of rotatable bonds is 10. The average molecular weight is 561 g/mol. The van der Waals surface area contributed by atoms with E-state index in [9.17, 15) is 9.59 Å². The molecule has 2 N–H and O–H groups in total. The molecular weight excluding hydrogens is 529 g/mol. The summed E-state index contributed by atoms with van der Waals surface area (Å²) >= 11 is 1.34. The molecule has 172 valence electrons. The van der Waals surface area contributed by atoms with E-state index in [1.54, 1.807) is 29.8 Å². The van der Waals surface area contributed by atoms with E-state index in [0.29, 0.717) is 36.2 Å². The first-order valence-corrected chi connectivity index (χ1v) is 11.1. The Bertz CT molecular complexity index is 912. The van der Waals surface area contributed by atoms with Crippen LogP contribution < -0.4 is 16.2 Å². The molecule has 2 heterocycles. The lowest BCUT2D eigenvalue weighted by molar-refractivity contribution is 0.0531. The molecule has 10 heteroatoms. The second kappa shape index (κ2) is 14.2. The van der Waals surface area contributed by atoms with Gasteiger partial charge in [-0.2, -0.15) is 0 Å². The van der Waals surface area contributed by atoms with Crippen molar-refractivity contribution in [2.45, 2.75) is 53.1 Å². The van der Waals surface area contributed by atoms with Crippen molar-refractivity contribution in [3.8, 4) is 0 Å². The number of hydrogen-bond donors (Lipinski definition) is 2. The maximum Gasteiger partial charge on any atom is 0.350 e. The first kappa shape index (κ1) is 27.1. The predicted octanol–water partition coefficient (Wildman–Crippen LogP) is 3.50. The van der Waals surface area contributed by atoms with Crippen LogP contribution in [0.2, 0.25) is 0 Å². The monoisotopic (exact) mass is 561 g/mol. The van der Waals surface area contributed by atoms with Gasteiger partial charge in [-0.3, -0.25) is 9.79 Å². The zero-order valence-corrected chi connectivity index (χ0v) is 21.7. The fourth-order valence-electron chi connectivity index (χ4n) is 2.81. The summed E-state index contributed by atoms with van der Waals surface area (Å²) < 4.78 is 6.80. The van der Waals surface area contributed by atoms with Crippen LogP contribution in [0, 0.1) is 6.92 Å². The van der Waals surface area contributed by atoms with Crippen LogP contribution in [0.1, 0.15) is 60.0 Å². The minimum atomic E-state index is -0.330. The number of aliphatic imine (C=N–C) groups is 1. The van der Waals surface area contributed by atoms with E-state index in [1.807, 2.05) is 26.8 Å². The topological polar surface area (TPSA) is 97.6 Å². The van der Waals surface area contributed by atoms with E-state index in [-0.39, 0.29) is 41.5 Å². The molecule has 0 aliphatic rings. The van der Waals surface area contributed by atoms with Crippen LogP contribution in [-0.2, 0) is 11.3 Å². The Morgan fingerprint density at radius 3 is 2.77 bits per heavy atom. The van der Waals surface area contributed by atoms with Crippen LogP contribution in [0.25, 0.3) is 0 Å². The average Bonchev–Trinajstić information content (AvgIpc) is 3.11. The number of thiazole rings is 1. The zero-order valence-electron chi connectivity index (χ0n) is 18.5. The number of aryl methyl sites for hydroxylation is 2. The van der Waals surface area contributed by atoms with Gasteiger partial charge in [0, 0.05) is 31.9 Å². The molecule has 1 unspecified atom stereocenters. The molecule has 2 aromatic rings. The summed E-state index contributed by atoms with van der Waals surface area (Å²) in [6.07, 6.45) is 3.55. The third-order valence-corrected chi connectivity index (χ3v) is 5.64. The van der Waals surface area contributed by atoms with Gasteiger partial charge in [0.2, 0.25) is 5.56 Å². The van der Waals surface area contributed by atoms with Gasteiger partial charge in [0.15, 0.2) is 5.96 Å². The van der Waals surface area contributed by atoms with E-state index < -0.39 is 0 Å². The molecule has 0 aliphatic carbocycles. The van der Waals surface area contributed by atoms with Crippen molar-refractivity contribution < 1.29 is 9.53 Å². The lowest BCUT2D eigenvalue weighted by Crippen LogP contribution is -2.38. The van der Waals surface area contributed by atoms with Crippen molar-refractivity contribution in [2.75, 3.05) is 19.7 Å². The third-order valence-electron chi connectivity index (χ3n) is 4.32. The Balaban J connectivity index is 0.00000480. The van der Waals surface area contributed by atoms with E-state index >= 15 is 0 Å². The summed E-state index contributed by atoms with van der Waals surface area (Å²) in [7, 11) is 0. The number of guanidine groups is 1. The van der Waals surface area contributed by atoms with Crippen molar-refractivity contribution in [3.05, 3.63) is 50.3 Å². The summed E-state index contributed by atoms with van der Waals surface area (Å²) in [5.41, 5.74) is 0.700. The smallest absolute Gasteiger partial charge is 0.350 e. The second-order valence-electron chi connectivity index (χ2n) is 6.75. The molecule has 2 rings (SSSR count). The number of carbonyl (C=O) groups excluding carboxylic acids is 1. The van der Waals surface area contributed by atoms with Crippen molar-refractivity contribution >= 4 is 47.2 Å². The number of aromatic nitrogens is 2. The van der Waals surface area contributed by atoms with Crippen LogP contribution in [-0.4, -0.2) is 41.2 Å². The summed E-state index contributed by atoms with van der Waals surface area (Å²) in [4.78, 5) is 33.4. The van der Waals surface area contributed by atoms with E-state index in [4.69, 9.17) is 4.74 Å². The molecule has 31 heavy (non-hydrogen) atoms. The van der Waals surface area contributed by atoms with Gasteiger partial charge in [-0.1, -0.05) is 6.07 Å². The van der Waals surface area contributed by atoms with Gasteiger partial charge in [0.1, 0.15) is 9.88 Å². The zero-order chi connectivity index (χ0) is 21.9. The van der Waals surface area contributed by atoms with Crippen LogP contribution in [0.5, 0.6) is 0 Å². The first-order chi connectivity index (χ1) is 14.5. The van der Waals surface area contributed by atoms with Gasteiger partial charge >= 0.3 is 5.97 Å². The largest absolute Gasteiger partial charge is 0.462 e. The van der Waals surface area contributed by atoms with E-state index in [1.165, 1.54) is 11.3 Å². The Hall–Kier alpha value is -1.95. The van der Waals surface area contributed by atoms with Gasteiger partial charge in [-0.25, -0.2) is 9.78 Å². The highest BCUT2D eigenvalue weighted by Gasteiger charge is 2.20. The number of carbonyl (C=O) groups is 1.